The largest absolute Gasteiger partial charge is 0.489 e. The summed E-state index contributed by atoms with van der Waals surface area (Å²) in [6.45, 7) is 1.67. The Bertz CT molecular complexity index is 787. The van der Waals surface area contributed by atoms with E-state index >= 15 is 0 Å². The Morgan fingerprint density at radius 1 is 1.15 bits per heavy atom. The number of nitrogens with one attached hydrogen (secondary N) is 1. The molecule has 0 radical (unpaired) electrons. The fourth-order valence-electron chi connectivity index (χ4n) is 2.50. The zero-order chi connectivity index (χ0) is 19.8. The normalized spacial score (nSPS) is 11.7. The van der Waals surface area contributed by atoms with E-state index in [0.29, 0.717) is 18.0 Å². The van der Waals surface area contributed by atoms with E-state index in [4.69, 9.17) is 16.2 Å². The van der Waals surface area contributed by atoms with Crippen LogP contribution in [-0.2, 0) is 17.8 Å². The smallest absolute Gasteiger partial charge is 0.217 e. The van der Waals surface area contributed by atoms with Crippen LogP contribution in [0.15, 0.2) is 53.5 Å². The van der Waals surface area contributed by atoms with Crippen LogP contribution in [0.1, 0.15) is 18.1 Å². The molecule has 7 N–H and O–H groups in total. The molecule has 0 aliphatic carbocycles. The minimum atomic E-state index is -1.64. The van der Waals surface area contributed by atoms with Crippen molar-refractivity contribution in [3.05, 3.63) is 59.7 Å². The number of ether oxygens (including phenoxy) is 1. The molecule has 1 amide bonds. The van der Waals surface area contributed by atoms with Gasteiger partial charge in [0, 0.05) is 6.92 Å². The number of aliphatic hydroxyl groups excluding tert-OH is 1. The fourth-order valence-corrected chi connectivity index (χ4v) is 2.50. The maximum Gasteiger partial charge on any atom is 0.217 e. The number of rotatable bonds is 8. The van der Waals surface area contributed by atoms with Crippen molar-refractivity contribution in [2.24, 2.45) is 16.5 Å². The van der Waals surface area contributed by atoms with Crippen LogP contribution >= 0.6 is 0 Å². The number of benzene rings is 2. The van der Waals surface area contributed by atoms with Crippen LogP contribution in [0.4, 0.5) is 5.69 Å². The SMILES string of the molecule is CC(=O)NC(Cc1ccc(OCc2cccc(N=C(N)N)c2)cc1)C(O)O. The molecule has 2 rings (SSSR count). The van der Waals surface area contributed by atoms with Gasteiger partial charge in [-0.3, -0.25) is 4.79 Å². The Labute approximate surface area is 157 Å². The van der Waals surface area contributed by atoms with Crippen LogP contribution in [0.2, 0.25) is 0 Å². The molecule has 0 spiro atoms. The predicted octanol–water partition coefficient (Wildman–Crippen LogP) is 0.528. The van der Waals surface area contributed by atoms with Gasteiger partial charge in [-0.1, -0.05) is 24.3 Å². The van der Waals surface area contributed by atoms with Gasteiger partial charge in [-0.15, -0.1) is 0 Å². The van der Waals surface area contributed by atoms with Crippen molar-refractivity contribution in [1.29, 1.82) is 0 Å². The highest BCUT2D eigenvalue weighted by atomic mass is 16.5. The molecule has 0 saturated carbocycles. The van der Waals surface area contributed by atoms with Gasteiger partial charge in [0.1, 0.15) is 12.4 Å². The third-order valence-corrected chi connectivity index (χ3v) is 3.70. The standard InChI is InChI=1S/C19H24N4O4/c1-12(24)22-17(18(25)26)10-13-5-7-16(8-6-13)27-11-14-3-2-4-15(9-14)23-19(20)21/h2-9,17-18,25-26H,10-11H2,1H3,(H,22,24)(H4,20,21,23). The maximum atomic E-state index is 11.1. The number of carbonyl (C=O) groups excluding carboxylic acids is 1. The highest BCUT2D eigenvalue weighted by Crippen LogP contribution is 2.18. The van der Waals surface area contributed by atoms with E-state index in [9.17, 15) is 15.0 Å². The monoisotopic (exact) mass is 372 g/mol. The number of hydrogen-bond acceptors (Lipinski definition) is 5. The van der Waals surface area contributed by atoms with Crippen LogP contribution in [0.25, 0.3) is 0 Å². The number of guanidine groups is 1. The van der Waals surface area contributed by atoms with E-state index in [1.807, 2.05) is 30.3 Å². The molecule has 144 valence electrons. The number of carbonyl (C=O) groups is 1. The first kappa shape index (κ1) is 20.2. The van der Waals surface area contributed by atoms with Gasteiger partial charge in [0.25, 0.3) is 0 Å². The quantitative estimate of drug-likeness (QED) is 0.260. The molecule has 0 aliphatic rings. The summed E-state index contributed by atoms with van der Waals surface area (Å²) in [5, 5.41) is 21.2. The Morgan fingerprint density at radius 2 is 1.85 bits per heavy atom. The molecule has 0 bridgehead atoms. The van der Waals surface area contributed by atoms with Gasteiger partial charge in [0.15, 0.2) is 12.2 Å². The molecule has 0 aromatic heterocycles. The van der Waals surface area contributed by atoms with Gasteiger partial charge in [0.05, 0.1) is 11.7 Å². The van der Waals surface area contributed by atoms with Gasteiger partial charge < -0.3 is 31.7 Å². The number of amides is 1. The van der Waals surface area contributed by atoms with Gasteiger partial charge in [0.2, 0.25) is 5.91 Å². The lowest BCUT2D eigenvalue weighted by molar-refractivity contribution is -0.124. The Hall–Kier alpha value is -3.10. The Balaban J connectivity index is 1.95. The molecule has 0 fully saturated rings. The van der Waals surface area contributed by atoms with Crippen molar-refractivity contribution >= 4 is 17.6 Å². The minimum absolute atomic E-state index is 0.00535. The van der Waals surface area contributed by atoms with Gasteiger partial charge in [-0.25, -0.2) is 4.99 Å². The molecule has 1 atom stereocenters. The van der Waals surface area contributed by atoms with Crippen molar-refractivity contribution in [3.63, 3.8) is 0 Å². The van der Waals surface area contributed by atoms with E-state index < -0.39 is 12.3 Å². The second kappa shape index (κ2) is 9.56. The molecular weight excluding hydrogens is 348 g/mol. The second-order valence-corrected chi connectivity index (χ2v) is 6.06. The first-order chi connectivity index (χ1) is 12.8. The Kier molecular flexibility index (Phi) is 7.16. The molecule has 8 nitrogen and oxygen atoms in total. The summed E-state index contributed by atoms with van der Waals surface area (Å²) in [5.74, 6) is 0.330. The number of nitrogens with zero attached hydrogens (tertiary/aromatic N) is 1. The lowest BCUT2D eigenvalue weighted by Crippen LogP contribution is -2.43. The molecular formula is C19H24N4O4. The molecule has 0 saturated heterocycles. The summed E-state index contributed by atoms with van der Waals surface area (Å²) in [4.78, 5) is 15.1. The second-order valence-electron chi connectivity index (χ2n) is 6.06. The summed E-state index contributed by atoms with van der Waals surface area (Å²) in [5.41, 5.74) is 13.2. The van der Waals surface area contributed by atoms with Crippen molar-refractivity contribution in [2.75, 3.05) is 0 Å². The first-order valence-corrected chi connectivity index (χ1v) is 8.37. The van der Waals surface area contributed by atoms with Crippen molar-refractivity contribution < 1.29 is 19.7 Å². The van der Waals surface area contributed by atoms with Gasteiger partial charge in [-0.05, 0) is 41.8 Å². The molecule has 0 aliphatic heterocycles. The van der Waals surface area contributed by atoms with Crippen LogP contribution in [0, 0.1) is 0 Å². The first-order valence-electron chi connectivity index (χ1n) is 8.37. The number of hydrogen-bond donors (Lipinski definition) is 5. The Morgan fingerprint density at radius 3 is 2.44 bits per heavy atom. The third kappa shape index (κ3) is 6.96. The minimum Gasteiger partial charge on any atom is -0.489 e. The molecule has 0 heterocycles. The van der Waals surface area contributed by atoms with Crippen LogP contribution in [0.3, 0.4) is 0 Å². The molecule has 8 heteroatoms. The summed E-state index contributed by atoms with van der Waals surface area (Å²) in [6.07, 6.45) is -1.35. The van der Waals surface area contributed by atoms with Crippen LogP contribution in [0.5, 0.6) is 5.75 Å². The van der Waals surface area contributed by atoms with E-state index in [-0.39, 0.29) is 18.3 Å². The zero-order valence-electron chi connectivity index (χ0n) is 15.0. The molecule has 1 unspecified atom stereocenters. The number of aliphatic imine (C=N–C) groups is 1. The van der Waals surface area contributed by atoms with E-state index in [0.717, 1.165) is 11.1 Å². The predicted molar refractivity (Wildman–Crippen MR) is 102 cm³/mol. The van der Waals surface area contributed by atoms with E-state index in [2.05, 4.69) is 10.3 Å². The van der Waals surface area contributed by atoms with Crippen molar-refractivity contribution in [1.82, 2.24) is 5.32 Å². The average Bonchev–Trinajstić information content (AvgIpc) is 2.60. The lowest BCUT2D eigenvalue weighted by Gasteiger charge is -2.19. The van der Waals surface area contributed by atoms with E-state index in [1.165, 1.54) is 6.92 Å². The third-order valence-electron chi connectivity index (χ3n) is 3.70. The number of nitrogens with two attached hydrogens (primary N) is 2. The van der Waals surface area contributed by atoms with Gasteiger partial charge >= 0.3 is 0 Å². The maximum absolute atomic E-state index is 11.1. The van der Waals surface area contributed by atoms with E-state index in [1.54, 1.807) is 18.2 Å². The van der Waals surface area contributed by atoms with Gasteiger partial charge in [-0.2, -0.15) is 0 Å². The van der Waals surface area contributed by atoms with Crippen LogP contribution in [-0.4, -0.2) is 34.4 Å². The topological polar surface area (TPSA) is 143 Å². The summed E-state index contributed by atoms with van der Waals surface area (Å²) < 4.78 is 5.74. The average molecular weight is 372 g/mol. The molecule has 2 aromatic carbocycles. The molecule has 27 heavy (non-hydrogen) atoms. The van der Waals surface area contributed by atoms with Crippen molar-refractivity contribution in [3.8, 4) is 5.75 Å². The fraction of sp³-hybridized carbons (Fsp3) is 0.263. The summed E-state index contributed by atoms with van der Waals surface area (Å²) in [6, 6.07) is 13.8. The molecule has 2 aromatic rings. The van der Waals surface area contributed by atoms with Crippen molar-refractivity contribution in [2.45, 2.75) is 32.3 Å². The summed E-state index contributed by atoms with van der Waals surface area (Å²) >= 11 is 0. The highest BCUT2D eigenvalue weighted by Gasteiger charge is 2.18. The van der Waals surface area contributed by atoms with Crippen LogP contribution < -0.4 is 21.5 Å². The number of aliphatic hydroxyl groups is 2. The summed E-state index contributed by atoms with van der Waals surface area (Å²) in [7, 11) is 0. The lowest BCUT2D eigenvalue weighted by atomic mass is 10.1. The highest BCUT2D eigenvalue weighted by molar-refractivity contribution is 5.79. The zero-order valence-corrected chi connectivity index (χ0v) is 15.0.